The summed E-state index contributed by atoms with van der Waals surface area (Å²) >= 11 is 0. The highest BCUT2D eigenvalue weighted by atomic mass is 16.2. The highest BCUT2D eigenvalue weighted by molar-refractivity contribution is 5.93. The van der Waals surface area contributed by atoms with Gasteiger partial charge >= 0.3 is 0 Å². The van der Waals surface area contributed by atoms with Gasteiger partial charge in [-0.1, -0.05) is 54.6 Å². The molecule has 10 nitrogen and oxygen atoms in total. The van der Waals surface area contributed by atoms with Crippen LogP contribution in [0.25, 0.3) is 17.1 Å². The maximum absolute atomic E-state index is 13.2. The molecule has 47 heavy (non-hydrogen) atoms. The number of nitrogens with two attached hydrogens (primary N) is 2. The van der Waals surface area contributed by atoms with E-state index in [-0.39, 0.29) is 24.5 Å². The predicted octanol–water partition coefficient (Wildman–Crippen LogP) is 4.12. The number of H-pyrrole nitrogens is 1. The number of fused-ring (bicyclic) bond motifs is 2. The Balaban J connectivity index is 1.49. The number of hydrogen-bond acceptors (Lipinski definition) is 7. The van der Waals surface area contributed by atoms with E-state index in [1.165, 1.54) is 0 Å². The van der Waals surface area contributed by atoms with E-state index >= 15 is 0 Å². The van der Waals surface area contributed by atoms with E-state index in [1.54, 1.807) is 11.0 Å². The van der Waals surface area contributed by atoms with Crippen molar-refractivity contribution in [2.24, 2.45) is 11.5 Å². The van der Waals surface area contributed by atoms with Crippen LogP contribution >= 0.6 is 0 Å². The van der Waals surface area contributed by atoms with Crippen molar-refractivity contribution >= 4 is 17.5 Å². The van der Waals surface area contributed by atoms with Gasteiger partial charge in [0.2, 0.25) is 11.8 Å². The van der Waals surface area contributed by atoms with Crippen molar-refractivity contribution < 1.29 is 9.59 Å². The molecule has 2 heterocycles. The molecule has 6 rings (SSSR count). The number of aromatic amines is 1. The number of primary amides is 1. The average Bonchev–Trinajstić information content (AvgIpc) is 3.74. The van der Waals surface area contributed by atoms with Crippen molar-refractivity contribution in [2.45, 2.75) is 63.5 Å². The number of nitrogens with one attached hydrogen (secondary N) is 2. The molecule has 1 aliphatic carbocycles. The quantitative estimate of drug-likeness (QED) is 0.216. The summed E-state index contributed by atoms with van der Waals surface area (Å²) in [6.45, 7) is 8.76. The van der Waals surface area contributed by atoms with Crippen LogP contribution in [0.4, 0.5) is 0 Å². The number of carbonyl (C=O) groups is 2. The monoisotopic (exact) mass is 628 g/mol. The van der Waals surface area contributed by atoms with Gasteiger partial charge in [-0.15, -0.1) is 10.2 Å². The third-order valence-electron chi connectivity index (χ3n) is 9.60. The van der Waals surface area contributed by atoms with Gasteiger partial charge < -0.3 is 26.7 Å². The Bertz CT molecular complexity index is 1820. The molecule has 2 amide bonds. The van der Waals surface area contributed by atoms with Crippen LogP contribution in [0, 0.1) is 18.3 Å². The van der Waals surface area contributed by atoms with Crippen LogP contribution in [-0.4, -0.2) is 57.1 Å². The fourth-order valence-electron chi connectivity index (χ4n) is 7.16. The maximum Gasteiger partial charge on any atom is 0.248 e. The van der Waals surface area contributed by atoms with E-state index in [9.17, 15) is 14.9 Å². The second-order valence-electron chi connectivity index (χ2n) is 12.8. The van der Waals surface area contributed by atoms with Crippen LogP contribution in [0.1, 0.15) is 75.7 Å². The third kappa shape index (κ3) is 6.02. The number of aromatic nitrogens is 3. The summed E-state index contributed by atoms with van der Waals surface area (Å²) in [7, 11) is 0. The topological polar surface area (TPSA) is 167 Å². The zero-order chi connectivity index (χ0) is 33.3. The van der Waals surface area contributed by atoms with E-state index < -0.39 is 11.3 Å². The van der Waals surface area contributed by atoms with E-state index in [1.807, 2.05) is 49.4 Å². The molecule has 1 aromatic heterocycles. The van der Waals surface area contributed by atoms with Gasteiger partial charge in [-0.25, -0.2) is 0 Å². The van der Waals surface area contributed by atoms with E-state index in [4.69, 9.17) is 16.6 Å². The molecule has 1 fully saturated rings. The van der Waals surface area contributed by atoms with Gasteiger partial charge in [0.05, 0.1) is 18.0 Å². The molecule has 240 valence electrons. The highest BCUT2D eigenvalue weighted by Crippen LogP contribution is 2.47. The highest BCUT2D eigenvalue weighted by Gasteiger charge is 2.45. The number of benzene rings is 3. The zero-order valence-corrected chi connectivity index (χ0v) is 26.8. The molecule has 10 heteroatoms. The first-order valence-electron chi connectivity index (χ1n) is 16.0. The lowest BCUT2D eigenvalue weighted by atomic mass is 9.67. The van der Waals surface area contributed by atoms with Crippen LogP contribution in [0.15, 0.2) is 67.2 Å². The Morgan fingerprint density at radius 2 is 1.72 bits per heavy atom. The normalized spacial score (nSPS) is 19.3. The lowest BCUT2D eigenvalue weighted by Gasteiger charge is -2.37. The van der Waals surface area contributed by atoms with Crippen molar-refractivity contribution in [3.63, 3.8) is 0 Å². The number of nitriles is 1. The Labute approximate surface area is 274 Å². The predicted molar refractivity (Wildman–Crippen MR) is 181 cm³/mol. The molecule has 0 radical (unpaired) electrons. The standard InChI is InChI=1S/C37H40N8O2/c1-22-6-8-25(9-7-22)35-42-36(44-43-35)37(19-23(2)41-21-33(46)45-16-4-5-30(45)20-38)31-14-12-26(24(3)39)17-27(31)10-11-28-18-29(34(40)47)13-15-32(28)37/h6-9,12-15,17-18,23,30,41H,3-5,10-11,16,19,21,39H2,1-2H3,(H2,40,47)(H,42,43,44)/t23-,30?,37?/m0/s1. The molecular formula is C37H40N8O2. The molecule has 3 aromatic carbocycles. The summed E-state index contributed by atoms with van der Waals surface area (Å²) in [6.07, 6.45) is 3.39. The summed E-state index contributed by atoms with van der Waals surface area (Å²) in [5.74, 6) is 0.706. The first-order valence-corrected chi connectivity index (χ1v) is 16.0. The van der Waals surface area contributed by atoms with Crippen molar-refractivity contribution in [1.29, 1.82) is 5.26 Å². The van der Waals surface area contributed by atoms with Crippen LogP contribution in [-0.2, 0) is 23.1 Å². The van der Waals surface area contributed by atoms with E-state index in [0.717, 1.165) is 45.4 Å². The maximum atomic E-state index is 13.2. The molecule has 4 aromatic rings. The summed E-state index contributed by atoms with van der Waals surface area (Å²) in [4.78, 5) is 30.8. The molecule has 0 spiro atoms. The molecule has 1 saturated heterocycles. The first kappa shape index (κ1) is 31.7. The smallest absolute Gasteiger partial charge is 0.248 e. The van der Waals surface area contributed by atoms with Crippen LogP contribution in [0.3, 0.4) is 0 Å². The Kier molecular flexibility index (Phi) is 8.67. The third-order valence-corrected chi connectivity index (χ3v) is 9.60. The zero-order valence-electron chi connectivity index (χ0n) is 26.8. The lowest BCUT2D eigenvalue weighted by molar-refractivity contribution is -0.130. The van der Waals surface area contributed by atoms with E-state index in [0.29, 0.717) is 55.1 Å². The summed E-state index contributed by atoms with van der Waals surface area (Å²) in [6, 6.07) is 21.6. The second-order valence-corrected chi connectivity index (χ2v) is 12.8. The molecule has 6 N–H and O–H groups in total. The number of aryl methyl sites for hydroxylation is 3. The van der Waals surface area contributed by atoms with Crippen LogP contribution in [0.2, 0.25) is 0 Å². The molecular weight excluding hydrogens is 588 g/mol. The van der Waals surface area contributed by atoms with Gasteiger partial charge in [-0.3, -0.25) is 9.59 Å². The number of likely N-dealkylation sites (tertiary alicyclic amines) is 1. The minimum absolute atomic E-state index is 0.0878. The number of amides is 2. The van der Waals surface area contributed by atoms with Crippen LogP contribution < -0.4 is 16.8 Å². The molecule has 1 aliphatic heterocycles. The van der Waals surface area contributed by atoms with Gasteiger partial charge in [0.25, 0.3) is 0 Å². The van der Waals surface area contributed by atoms with Gasteiger partial charge in [0, 0.05) is 29.4 Å². The summed E-state index contributed by atoms with van der Waals surface area (Å²) in [5.41, 5.74) is 18.9. The molecule has 2 aliphatic rings. The van der Waals surface area contributed by atoms with Crippen molar-refractivity contribution in [2.75, 3.05) is 13.1 Å². The minimum Gasteiger partial charge on any atom is -0.399 e. The SMILES string of the molecule is C=C(N)c1ccc2c(c1)CCc1cc(C(N)=O)ccc1C2(C[C@H](C)NCC(=O)N1CCCC1C#N)c1nnc(-c2ccc(C)cc2)[nH]1. The van der Waals surface area contributed by atoms with Crippen molar-refractivity contribution in [3.05, 3.63) is 112 Å². The average molecular weight is 629 g/mol. The fraction of sp³-hybridized carbons (Fsp3) is 0.324. The van der Waals surface area contributed by atoms with Crippen molar-refractivity contribution in [1.82, 2.24) is 25.4 Å². The first-order chi connectivity index (χ1) is 22.6. The number of carbonyl (C=O) groups excluding carboxylic acids is 2. The van der Waals surface area contributed by atoms with Gasteiger partial charge in [0.1, 0.15) is 11.9 Å². The summed E-state index contributed by atoms with van der Waals surface area (Å²) in [5, 5.41) is 22.4. The number of nitrogens with zero attached hydrogens (tertiary/aromatic N) is 4. The fourth-order valence-corrected chi connectivity index (χ4v) is 7.16. The Morgan fingerprint density at radius 1 is 1.06 bits per heavy atom. The molecule has 3 atom stereocenters. The van der Waals surface area contributed by atoms with Gasteiger partial charge in [-0.05, 0) is 92.0 Å². The van der Waals surface area contributed by atoms with Crippen LogP contribution in [0.5, 0.6) is 0 Å². The molecule has 2 unspecified atom stereocenters. The number of rotatable bonds is 9. The van der Waals surface area contributed by atoms with Gasteiger partial charge in [0.15, 0.2) is 5.82 Å². The van der Waals surface area contributed by atoms with Gasteiger partial charge in [-0.2, -0.15) is 5.26 Å². The second kappa shape index (κ2) is 12.9. The number of hydrogen-bond donors (Lipinski definition) is 4. The molecule has 0 bridgehead atoms. The van der Waals surface area contributed by atoms with Crippen molar-refractivity contribution in [3.8, 4) is 17.5 Å². The van der Waals surface area contributed by atoms with E-state index in [2.05, 4.69) is 47.1 Å². The summed E-state index contributed by atoms with van der Waals surface area (Å²) < 4.78 is 0. The Morgan fingerprint density at radius 3 is 2.36 bits per heavy atom. The largest absolute Gasteiger partial charge is 0.399 e. The molecule has 0 saturated carbocycles. The Hall–Kier alpha value is -5.27. The lowest BCUT2D eigenvalue weighted by Crippen LogP contribution is -2.45. The minimum atomic E-state index is -0.861.